The first-order chi connectivity index (χ1) is 18.2. The minimum atomic E-state index is -0.431. The first kappa shape index (κ1) is 29.4. The Bertz CT molecular complexity index is 1140. The number of nitrogens with one attached hydrogen (secondary N) is 2. The molecule has 7 heteroatoms. The summed E-state index contributed by atoms with van der Waals surface area (Å²) >= 11 is 5.58. The number of amides is 1. The second kappa shape index (κ2) is 14.1. The van der Waals surface area contributed by atoms with E-state index in [9.17, 15) is 9.59 Å². The lowest BCUT2D eigenvalue weighted by molar-refractivity contribution is -0.140. The number of rotatable bonds is 12. The monoisotopic (exact) mass is 535 g/mol. The number of ether oxygens (including phenoxy) is 1. The molecule has 1 atom stereocenters. The van der Waals surface area contributed by atoms with E-state index >= 15 is 0 Å². The minimum Gasteiger partial charge on any atom is -0.462 e. The van der Waals surface area contributed by atoms with Crippen LogP contribution in [0.25, 0.3) is 0 Å². The van der Waals surface area contributed by atoms with Gasteiger partial charge in [0.05, 0.1) is 18.2 Å². The molecule has 0 spiro atoms. The third-order valence-electron chi connectivity index (χ3n) is 6.72. The number of aryl methyl sites for hydroxylation is 1. The predicted octanol–water partition coefficient (Wildman–Crippen LogP) is 6.79. The Balaban J connectivity index is 1.71. The van der Waals surface area contributed by atoms with Crippen LogP contribution in [-0.2, 0) is 16.0 Å². The van der Waals surface area contributed by atoms with Gasteiger partial charge < -0.3 is 20.3 Å². The normalized spacial score (nSPS) is 15.5. The van der Waals surface area contributed by atoms with Crippen molar-refractivity contribution in [2.45, 2.75) is 72.8 Å². The molecule has 38 heavy (non-hydrogen) atoms. The first-order valence-corrected chi connectivity index (χ1v) is 14.1. The number of hydrogen-bond donors (Lipinski definition) is 2. The van der Waals surface area contributed by atoms with Gasteiger partial charge in [-0.3, -0.25) is 4.79 Å². The van der Waals surface area contributed by atoms with E-state index in [4.69, 9.17) is 17.0 Å². The van der Waals surface area contributed by atoms with Gasteiger partial charge in [-0.1, -0.05) is 64.3 Å². The van der Waals surface area contributed by atoms with Crippen molar-refractivity contribution in [3.05, 3.63) is 76.5 Å². The number of allylic oxidation sites excluding steroid dienone is 1. The highest BCUT2D eigenvalue weighted by Gasteiger charge is 2.34. The molecule has 0 unspecified atom stereocenters. The zero-order valence-corrected chi connectivity index (χ0v) is 24.1. The fourth-order valence-electron chi connectivity index (χ4n) is 4.54. The van der Waals surface area contributed by atoms with Crippen molar-refractivity contribution in [3.63, 3.8) is 0 Å². The SMILES string of the molecule is CCCCCCc1ccc(C(=O)Nc2ccc([C@H]3NC(=S)N(CC)C(C)=C3C(=O)OCC(C)C)cc2)cc1. The van der Waals surface area contributed by atoms with Gasteiger partial charge in [0, 0.05) is 23.5 Å². The fraction of sp³-hybridized carbons (Fsp3) is 0.452. The summed E-state index contributed by atoms with van der Waals surface area (Å²) in [6.07, 6.45) is 5.95. The van der Waals surface area contributed by atoms with Crippen molar-refractivity contribution in [2.75, 3.05) is 18.5 Å². The fourth-order valence-corrected chi connectivity index (χ4v) is 4.92. The maximum Gasteiger partial charge on any atom is 0.338 e. The summed E-state index contributed by atoms with van der Waals surface area (Å²) in [4.78, 5) is 27.8. The van der Waals surface area contributed by atoms with E-state index in [1.165, 1.54) is 31.2 Å². The molecule has 1 amide bonds. The Morgan fingerprint density at radius 2 is 1.71 bits per heavy atom. The number of benzene rings is 2. The van der Waals surface area contributed by atoms with E-state index in [2.05, 4.69) is 17.6 Å². The molecule has 0 aromatic heterocycles. The predicted molar refractivity (Wildman–Crippen MR) is 158 cm³/mol. The lowest BCUT2D eigenvalue weighted by Crippen LogP contribution is -2.47. The minimum absolute atomic E-state index is 0.153. The summed E-state index contributed by atoms with van der Waals surface area (Å²) in [5, 5.41) is 6.85. The van der Waals surface area contributed by atoms with Gasteiger partial charge >= 0.3 is 5.97 Å². The summed E-state index contributed by atoms with van der Waals surface area (Å²) in [6.45, 7) is 11.1. The standard InChI is InChI=1S/C31H41N3O3S/c1-6-8-9-10-11-23-12-14-25(15-13-23)29(35)32-26-18-16-24(17-19-26)28-27(30(36)37-20-21(3)4)22(5)34(7-2)31(38)33-28/h12-19,21,28H,6-11,20H2,1-5H3,(H,32,35)(H,33,38)/t28-/m1/s1. The van der Waals surface area contributed by atoms with E-state index in [-0.39, 0.29) is 17.8 Å². The largest absolute Gasteiger partial charge is 0.462 e. The van der Waals surface area contributed by atoms with Crippen molar-refractivity contribution in [1.29, 1.82) is 0 Å². The molecule has 6 nitrogen and oxygen atoms in total. The smallest absolute Gasteiger partial charge is 0.338 e. The van der Waals surface area contributed by atoms with E-state index in [1.807, 2.05) is 81.1 Å². The van der Waals surface area contributed by atoms with E-state index in [1.54, 1.807) is 0 Å². The molecule has 0 saturated carbocycles. The summed E-state index contributed by atoms with van der Waals surface area (Å²) in [5.74, 6) is -0.261. The number of anilines is 1. The third-order valence-corrected chi connectivity index (χ3v) is 7.06. The van der Waals surface area contributed by atoms with Crippen LogP contribution in [0.2, 0.25) is 0 Å². The van der Waals surface area contributed by atoms with Crippen LogP contribution in [0, 0.1) is 5.92 Å². The van der Waals surface area contributed by atoms with Crippen molar-refractivity contribution in [2.24, 2.45) is 5.92 Å². The topological polar surface area (TPSA) is 70.7 Å². The highest BCUT2D eigenvalue weighted by atomic mass is 32.1. The molecule has 0 aliphatic carbocycles. The zero-order valence-electron chi connectivity index (χ0n) is 23.3. The molecular weight excluding hydrogens is 494 g/mol. The average molecular weight is 536 g/mol. The summed E-state index contributed by atoms with van der Waals surface area (Å²) < 4.78 is 5.60. The van der Waals surface area contributed by atoms with Crippen LogP contribution in [0.4, 0.5) is 5.69 Å². The Morgan fingerprint density at radius 3 is 2.32 bits per heavy atom. The van der Waals surface area contributed by atoms with Crippen molar-refractivity contribution in [1.82, 2.24) is 10.2 Å². The van der Waals surface area contributed by atoms with Crippen LogP contribution < -0.4 is 10.6 Å². The van der Waals surface area contributed by atoms with Gasteiger partial charge in [0.25, 0.3) is 5.91 Å². The second-order valence-corrected chi connectivity index (χ2v) is 10.6. The lowest BCUT2D eigenvalue weighted by Gasteiger charge is -2.37. The van der Waals surface area contributed by atoms with Gasteiger partial charge in [0.2, 0.25) is 0 Å². The van der Waals surface area contributed by atoms with Crippen LogP contribution in [0.15, 0.2) is 59.8 Å². The highest BCUT2D eigenvalue weighted by molar-refractivity contribution is 7.80. The van der Waals surface area contributed by atoms with Gasteiger partial charge in [-0.05, 0) is 80.2 Å². The molecule has 1 heterocycles. The van der Waals surface area contributed by atoms with Gasteiger partial charge in [-0.15, -0.1) is 0 Å². The van der Waals surface area contributed by atoms with Crippen LogP contribution in [0.1, 0.15) is 87.8 Å². The molecular formula is C31H41N3O3S. The van der Waals surface area contributed by atoms with Gasteiger partial charge in [-0.2, -0.15) is 0 Å². The van der Waals surface area contributed by atoms with Crippen LogP contribution in [0.5, 0.6) is 0 Å². The number of hydrogen-bond acceptors (Lipinski definition) is 4. The number of nitrogens with zero attached hydrogens (tertiary/aromatic N) is 1. The molecule has 0 fully saturated rings. The molecule has 1 aliphatic heterocycles. The van der Waals surface area contributed by atoms with Crippen molar-refractivity contribution in [3.8, 4) is 0 Å². The Labute approximate surface area is 232 Å². The molecule has 2 N–H and O–H groups in total. The van der Waals surface area contributed by atoms with Crippen molar-refractivity contribution >= 4 is 34.9 Å². The second-order valence-electron chi connectivity index (χ2n) is 10.2. The molecule has 0 bridgehead atoms. The summed E-state index contributed by atoms with van der Waals surface area (Å²) in [6, 6.07) is 14.9. The number of carbonyl (C=O) groups is 2. The molecule has 3 rings (SSSR count). The first-order valence-electron chi connectivity index (χ1n) is 13.7. The lowest BCUT2D eigenvalue weighted by atomic mass is 9.94. The third kappa shape index (κ3) is 7.67. The number of carbonyl (C=O) groups excluding carboxylic acids is 2. The zero-order chi connectivity index (χ0) is 27.7. The van der Waals surface area contributed by atoms with Crippen LogP contribution in [-0.4, -0.2) is 35.0 Å². The summed E-state index contributed by atoms with van der Waals surface area (Å²) in [7, 11) is 0. The maximum absolute atomic E-state index is 13.1. The van der Waals surface area contributed by atoms with Crippen LogP contribution in [0.3, 0.4) is 0 Å². The maximum atomic E-state index is 13.1. The van der Waals surface area contributed by atoms with Gasteiger partial charge in [-0.25, -0.2) is 4.79 Å². The Morgan fingerprint density at radius 1 is 1.03 bits per heavy atom. The van der Waals surface area contributed by atoms with Crippen molar-refractivity contribution < 1.29 is 14.3 Å². The molecule has 2 aromatic rings. The molecule has 0 saturated heterocycles. The van der Waals surface area contributed by atoms with Crippen LogP contribution >= 0.6 is 12.2 Å². The Kier molecular flexibility index (Phi) is 10.9. The number of esters is 1. The molecule has 1 aliphatic rings. The van der Waals surface area contributed by atoms with E-state index < -0.39 is 6.04 Å². The Hall–Kier alpha value is -3.19. The molecule has 204 valence electrons. The quantitative estimate of drug-likeness (QED) is 0.177. The van der Waals surface area contributed by atoms with E-state index in [0.29, 0.717) is 35.1 Å². The van der Waals surface area contributed by atoms with Gasteiger partial charge in [0.1, 0.15) is 0 Å². The summed E-state index contributed by atoms with van der Waals surface area (Å²) in [5.41, 5.74) is 4.77. The number of unbranched alkanes of at least 4 members (excludes halogenated alkanes) is 3. The molecule has 2 aromatic carbocycles. The highest BCUT2D eigenvalue weighted by Crippen LogP contribution is 2.32. The average Bonchev–Trinajstić information content (AvgIpc) is 2.90. The van der Waals surface area contributed by atoms with E-state index in [0.717, 1.165) is 17.7 Å². The van der Waals surface area contributed by atoms with Gasteiger partial charge in [0.15, 0.2) is 5.11 Å². The molecule has 0 radical (unpaired) electrons. The number of thiocarbonyl (C=S) groups is 1.